The van der Waals surface area contributed by atoms with Gasteiger partial charge in [0.15, 0.2) is 0 Å². The summed E-state index contributed by atoms with van der Waals surface area (Å²) in [6.07, 6.45) is 7.25. The Morgan fingerprint density at radius 2 is 1.84 bits per heavy atom. The summed E-state index contributed by atoms with van der Waals surface area (Å²) in [6.45, 7) is 12.8. The van der Waals surface area contributed by atoms with Gasteiger partial charge in [-0.25, -0.2) is 0 Å². The third kappa shape index (κ3) is 7.47. The average Bonchev–Trinajstić information content (AvgIpc) is 2.60. The summed E-state index contributed by atoms with van der Waals surface area (Å²) in [5.74, 6) is 0.756. The Morgan fingerprint density at radius 1 is 1.08 bits per heavy atom. The summed E-state index contributed by atoms with van der Waals surface area (Å²) in [4.78, 5) is 0. The molecule has 0 aliphatic heterocycles. The highest BCUT2D eigenvalue weighted by atomic mass is 28.3. The first-order chi connectivity index (χ1) is 12.0. The predicted molar refractivity (Wildman–Crippen MR) is 110 cm³/mol. The molecule has 0 saturated heterocycles. The normalized spacial score (nSPS) is 18.4. The van der Waals surface area contributed by atoms with Gasteiger partial charge in [-0.2, -0.15) is 0 Å². The molecule has 1 aromatic carbocycles. The number of hydrogen-bond donors (Lipinski definition) is 0. The Kier molecular flexibility index (Phi) is 8.40. The number of hydrogen-bond acceptors (Lipinski definition) is 2. The zero-order chi connectivity index (χ0) is 18.1. The quantitative estimate of drug-likeness (QED) is 0.307. The first kappa shape index (κ1) is 20.4. The van der Waals surface area contributed by atoms with Crippen LogP contribution in [0.15, 0.2) is 42.0 Å². The van der Waals surface area contributed by atoms with Crippen LogP contribution in [0.25, 0.3) is 0 Å². The van der Waals surface area contributed by atoms with Gasteiger partial charge in [0.05, 0.1) is 13.2 Å². The highest BCUT2D eigenvalue weighted by Crippen LogP contribution is 2.30. The van der Waals surface area contributed by atoms with Crippen LogP contribution in [-0.4, -0.2) is 28.6 Å². The van der Waals surface area contributed by atoms with Crippen molar-refractivity contribution in [2.75, 3.05) is 19.8 Å². The second-order valence-corrected chi connectivity index (χ2v) is 12.3. The van der Waals surface area contributed by atoms with Crippen LogP contribution in [0.4, 0.5) is 0 Å². The van der Waals surface area contributed by atoms with E-state index in [0.29, 0.717) is 5.04 Å². The minimum absolute atomic E-state index is 0.389. The van der Waals surface area contributed by atoms with Crippen LogP contribution in [0, 0.1) is 5.92 Å². The zero-order valence-corrected chi connectivity index (χ0v) is 17.7. The van der Waals surface area contributed by atoms with E-state index >= 15 is 0 Å². The summed E-state index contributed by atoms with van der Waals surface area (Å²) in [5.41, 5.74) is 2.76. The Hall–Kier alpha value is -0.903. The highest BCUT2D eigenvalue weighted by Gasteiger charge is 2.24. The lowest BCUT2D eigenvalue weighted by Gasteiger charge is -2.29. The van der Waals surface area contributed by atoms with E-state index < -0.39 is 8.80 Å². The van der Waals surface area contributed by atoms with Gasteiger partial charge in [0.25, 0.3) is 0 Å². The van der Waals surface area contributed by atoms with Crippen LogP contribution in [0.1, 0.15) is 45.1 Å². The van der Waals surface area contributed by atoms with Gasteiger partial charge >= 0.3 is 0 Å². The first-order valence-electron chi connectivity index (χ1n) is 9.84. The number of rotatable bonds is 10. The van der Waals surface area contributed by atoms with Crippen molar-refractivity contribution in [2.45, 2.75) is 64.3 Å². The molecule has 0 radical (unpaired) electrons. The van der Waals surface area contributed by atoms with Crippen LogP contribution < -0.4 is 0 Å². The van der Waals surface area contributed by atoms with E-state index in [4.69, 9.17) is 9.47 Å². The standard InChI is InChI=1S/C22H36O2Si/c1-22(2,25(3)4)18-24-17-21-12-8-11-19(15-21)13-14-23-16-20-9-6-5-7-10-20/h5-7,9-10,12,19,25H,8,11,13-18H2,1-4H3. The molecule has 0 saturated carbocycles. The van der Waals surface area contributed by atoms with Crippen LogP contribution in [0.5, 0.6) is 0 Å². The molecule has 1 aliphatic carbocycles. The van der Waals surface area contributed by atoms with E-state index in [1.54, 1.807) is 0 Å². The summed E-state index contributed by atoms with van der Waals surface area (Å²) in [6, 6.07) is 10.4. The van der Waals surface area contributed by atoms with Gasteiger partial charge in [0.2, 0.25) is 0 Å². The molecule has 1 atom stereocenters. The molecule has 25 heavy (non-hydrogen) atoms. The summed E-state index contributed by atoms with van der Waals surface area (Å²) in [7, 11) is -0.673. The van der Waals surface area contributed by atoms with Gasteiger partial charge in [0, 0.05) is 22.0 Å². The smallest absolute Gasteiger partial charge is 0.0716 e. The van der Waals surface area contributed by atoms with E-state index in [1.807, 2.05) is 6.07 Å². The van der Waals surface area contributed by atoms with E-state index in [2.05, 4.69) is 57.3 Å². The molecular weight excluding hydrogens is 324 g/mol. The maximum absolute atomic E-state index is 6.07. The van der Waals surface area contributed by atoms with Crippen molar-refractivity contribution in [3.8, 4) is 0 Å². The molecular formula is C22H36O2Si. The lowest BCUT2D eigenvalue weighted by atomic mass is 9.87. The Labute approximate surface area is 156 Å². The number of ether oxygens (including phenoxy) is 2. The minimum Gasteiger partial charge on any atom is -0.377 e. The molecule has 1 aliphatic rings. The van der Waals surface area contributed by atoms with E-state index in [0.717, 1.165) is 38.8 Å². The second-order valence-electron chi connectivity index (χ2n) is 8.47. The number of benzene rings is 1. The Balaban J connectivity index is 1.62. The molecule has 2 nitrogen and oxygen atoms in total. The van der Waals surface area contributed by atoms with Crippen molar-refractivity contribution in [2.24, 2.45) is 5.92 Å². The van der Waals surface area contributed by atoms with Gasteiger partial charge in [-0.3, -0.25) is 0 Å². The third-order valence-corrected chi connectivity index (χ3v) is 8.96. The van der Waals surface area contributed by atoms with Crippen molar-refractivity contribution < 1.29 is 9.47 Å². The fourth-order valence-corrected chi connectivity index (χ4v) is 3.52. The van der Waals surface area contributed by atoms with Crippen LogP contribution in [0.2, 0.25) is 18.1 Å². The molecule has 3 heteroatoms. The molecule has 1 aromatic rings. The largest absolute Gasteiger partial charge is 0.377 e. The Bertz CT molecular complexity index is 522. The molecule has 0 amide bonds. The van der Waals surface area contributed by atoms with Gasteiger partial charge in [-0.15, -0.1) is 0 Å². The molecule has 1 unspecified atom stereocenters. The van der Waals surface area contributed by atoms with E-state index in [-0.39, 0.29) is 0 Å². The zero-order valence-electron chi connectivity index (χ0n) is 16.6. The third-order valence-electron chi connectivity index (χ3n) is 5.67. The molecule has 0 spiro atoms. The summed E-state index contributed by atoms with van der Waals surface area (Å²) in [5, 5.41) is 0.389. The van der Waals surface area contributed by atoms with Crippen molar-refractivity contribution in [3.05, 3.63) is 47.5 Å². The van der Waals surface area contributed by atoms with E-state index in [9.17, 15) is 0 Å². The monoisotopic (exact) mass is 360 g/mol. The van der Waals surface area contributed by atoms with Crippen LogP contribution in [0.3, 0.4) is 0 Å². The van der Waals surface area contributed by atoms with Crippen molar-refractivity contribution >= 4 is 8.80 Å². The van der Waals surface area contributed by atoms with Gasteiger partial charge in [0.1, 0.15) is 0 Å². The topological polar surface area (TPSA) is 18.5 Å². The average molecular weight is 361 g/mol. The summed E-state index contributed by atoms with van der Waals surface area (Å²) < 4.78 is 11.9. The first-order valence-corrected chi connectivity index (χ1v) is 12.7. The lowest BCUT2D eigenvalue weighted by molar-refractivity contribution is 0.102. The minimum atomic E-state index is -0.673. The molecule has 0 aromatic heterocycles. The molecule has 0 heterocycles. The maximum atomic E-state index is 6.07. The maximum Gasteiger partial charge on any atom is 0.0716 e. The summed E-state index contributed by atoms with van der Waals surface area (Å²) >= 11 is 0. The molecule has 0 bridgehead atoms. The lowest BCUT2D eigenvalue weighted by Crippen LogP contribution is -2.27. The van der Waals surface area contributed by atoms with Crippen molar-refractivity contribution in [1.82, 2.24) is 0 Å². The molecule has 0 N–H and O–H groups in total. The predicted octanol–water partition coefficient (Wildman–Crippen LogP) is 5.60. The van der Waals surface area contributed by atoms with Gasteiger partial charge < -0.3 is 9.47 Å². The highest BCUT2D eigenvalue weighted by molar-refractivity contribution is 6.59. The molecule has 140 valence electrons. The Morgan fingerprint density at radius 3 is 2.56 bits per heavy atom. The van der Waals surface area contributed by atoms with Gasteiger partial charge in [-0.1, -0.05) is 63.3 Å². The SMILES string of the molecule is C[SiH](C)C(C)(C)COCC1=CCCC(CCOCc2ccccc2)C1. The molecule has 2 rings (SSSR count). The van der Waals surface area contributed by atoms with Crippen molar-refractivity contribution in [1.29, 1.82) is 0 Å². The number of allylic oxidation sites excluding steroid dienone is 1. The van der Waals surface area contributed by atoms with Crippen molar-refractivity contribution in [3.63, 3.8) is 0 Å². The molecule has 0 fully saturated rings. The van der Waals surface area contributed by atoms with Crippen LogP contribution in [-0.2, 0) is 16.1 Å². The van der Waals surface area contributed by atoms with Crippen LogP contribution >= 0.6 is 0 Å². The van der Waals surface area contributed by atoms with E-state index in [1.165, 1.54) is 30.4 Å². The second kappa shape index (κ2) is 10.3. The van der Waals surface area contributed by atoms with Gasteiger partial charge in [-0.05, 0) is 47.8 Å². The fraction of sp³-hybridized carbons (Fsp3) is 0.636. The fourth-order valence-electron chi connectivity index (χ4n) is 3.07.